The Morgan fingerprint density at radius 1 is 1.15 bits per heavy atom. The van der Waals surface area contributed by atoms with Crippen LogP contribution in [-0.2, 0) is 20.9 Å². The van der Waals surface area contributed by atoms with Gasteiger partial charge in [0.05, 0.1) is 6.10 Å². The maximum Gasteiger partial charge on any atom is 0.300 e. The molecule has 0 spiro atoms. The SMILES string of the molecule is CC(=O)O.CN(Cc1ccccc1)C[C@]1(C(=O)CO)CCC2[C@@H]3C[C@H](F)C4=CC(=O)C=C[C@]4(C)[C@@]3(F)[C@@H](O)C[C@@]21C. The van der Waals surface area contributed by atoms with E-state index < -0.39 is 52.7 Å². The summed E-state index contributed by atoms with van der Waals surface area (Å²) < 4.78 is 33.0. The van der Waals surface area contributed by atoms with E-state index in [0.29, 0.717) is 25.9 Å². The van der Waals surface area contributed by atoms with Crippen LogP contribution in [0.3, 0.4) is 0 Å². The number of carboxylic acid groups (broad SMARTS) is 1. The van der Waals surface area contributed by atoms with E-state index in [1.54, 1.807) is 6.92 Å². The maximum atomic E-state index is 17.4. The first kappa shape index (κ1) is 31.2. The highest BCUT2D eigenvalue weighted by Gasteiger charge is 2.75. The molecule has 0 heterocycles. The summed E-state index contributed by atoms with van der Waals surface area (Å²) in [7, 11) is 1.93. The van der Waals surface area contributed by atoms with Gasteiger partial charge in [-0.25, -0.2) is 8.78 Å². The van der Waals surface area contributed by atoms with Crippen molar-refractivity contribution in [3.05, 3.63) is 59.7 Å². The zero-order valence-electron chi connectivity index (χ0n) is 24.1. The van der Waals surface area contributed by atoms with Gasteiger partial charge in [0, 0.05) is 36.8 Å². The van der Waals surface area contributed by atoms with Crippen LogP contribution in [0.15, 0.2) is 54.1 Å². The fraction of sp³-hybridized carbons (Fsp3) is 0.594. The number of alkyl halides is 2. The highest BCUT2D eigenvalue weighted by molar-refractivity contribution is 6.01. The number of carbonyl (C=O) groups excluding carboxylic acids is 2. The van der Waals surface area contributed by atoms with Gasteiger partial charge in [-0.15, -0.1) is 0 Å². The minimum Gasteiger partial charge on any atom is -0.481 e. The van der Waals surface area contributed by atoms with Crippen molar-refractivity contribution in [3.63, 3.8) is 0 Å². The number of halogens is 2. The van der Waals surface area contributed by atoms with Gasteiger partial charge in [0.25, 0.3) is 5.97 Å². The highest BCUT2D eigenvalue weighted by atomic mass is 19.1. The fourth-order valence-electron chi connectivity index (χ4n) is 8.69. The Balaban J connectivity index is 0.000000909. The third-order valence-electron chi connectivity index (χ3n) is 10.5. The Bertz CT molecular complexity index is 1250. The van der Waals surface area contributed by atoms with Crippen molar-refractivity contribution in [3.8, 4) is 0 Å². The molecule has 0 saturated heterocycles. The number of nitrogens with zero attached hydrogens (tertiary/aromatic N) is 1. The van der Waals surface area contributed by atoms with E-state index in [4.69, 9.17) is 9.90 Å². The lowest BCUT2D eigenvalue weighted by Gasteiger charge is -2.63. The van der Waals surface area contributed by atoms with Gasteiger partial charge < -0.3 is 20.2 Å². The molecule has 4 aliphatic carbocycles. The average molecular weight is 574 g/mol. The largest absolute Gasteiger partial charge is 0.481 e. The second kappa shape index (κ2) is 11.2. The van der Waals surface area contributed by atoms with Crippen LogP contribution in [0.4, 0.5) is 8.78 Å². The number of carbonyl (C=O) groups is 3. The monoisotopic (exact) mass is 573 g/mol. The van der Waals surface area contributed by atoms with Gasteiger partial charge in [-0.05, 0) is 74.3 Å². The molecule has 5 rings (SSSR count). The number of aliphatic carboxylic acids is 1. The minimum absolute atomic E-state index is 0.0250. The molecule has 1 aromatic rings. The van der Waals surface area contributed by atoms with E-state index in [1.807, 2.05) is 44.3 Å². The van der Waals surface area contributed by atoms with Crippen LogP contribution in [-0.4, -0.2) is 75.9 Å². The first-order valence-electron chi connectivity index (χ1n) is 14.2. The van der Waals surface area contributed by atoms with Gasteiger partial charge in [0.2, 0.25) is 0 Å². The summed E-state index contributed by atoms with van der Waals surface area (Å²) in [5, 5.41) is 29.0. The lowest BCUT2D eigenvalue weighted by molar-refractivity contribution is -0.213. The van der Waals surface area contributed by atoms with Gasteiger partial charge >= 0.3 is 0 Å². The van der Waals surface area contributed by atoms with Crippen molar-refractivity contribution >= 4 is 17.5 Å². The summed E-state index contributed by atoms with van der Waals surface area (Å²) in [6.07, 6.45) is 1.77. The molecular formula is C32H41F2NO6. The van der Waals surface area contributed by atoms with Crippen molar-refractivity contribution in [2.45, 2.75) is 70.9 Å². The van der Waals surface area contributed by atoms with Crippen molar-refractivity contribution < 1.29 is 38.5 Å². The molecule has 41 heavy (non-hydrogen) atoms. The number of hydrogen-bond donors (Lipinski definition) is 3. The zero-order valence-corrected chi connectivity index (χ0v) is 24.1. The van der Waals surface area contributed by atoms with E-state index in [0.717, 1.165) is 12.5 Å². The number of aliphatic hydroxyl groups excluding tert-OH is 2. The Labute approximate surface area is 239 Å². The maximum absolute atomic E-state index is 17.4. The smallest absolute Gasteiger partial charge is 0.300 e. The first-order chi connectivity index (χ1) is 19.2. The van der Waals surface area contributed by atoms with Crippen LogP contribution in [0.5, 0.6) is 0 Å². The Morgan fingerprint density at radius 3 is 2.39 bits per heavy atom. The van der Waals surface area contributed by atoms with Gasteiger partial charge in [0.1, 0.15) is 12.8 Å². The molecule has 0 bridgehead atoms. The highest BCUT2D eigenvalue weighted by Crippen LogP contribution is 2.72. The summed E-state index contributed by atoms with van der Waals surface area (Å²) in [5.74, 6) is -2.70. The molecular weight excluding hydrogens is 532 g/mol. The normalized spacial score (nSPS) is 39.1. The number of benzene rings is 1. The molecule has 7 nitrogen and oxygen atoms in total. The van der Waals surface area contributed by atoms with Crippen LogP contribution >= 0.6 is 0 Å². The molecule has 0 amide bonds. The molecule has 1 unspecified atom stereocenters. The van der Waals surface area contributed by atoms with Crippen molar-refractivity contribution in [1.82, 2.24) is 4.90 Å². The van der Waals surface area contributed by atoms with Crippen LogP contribution in [0.1, 0.15) is 52.0 Å². The summed E-state index contributed by atoms with van der Waals surface area (Å²) >= 11 is 0. The zero-order chi connectivity index (χ0) is 30.4. The van der Waals surface area contributed by atoms with E-state index >= 15 is 8.78 Å². The predicted octanol–water partition coefficient (Wildman–Crippen LogP) is 4.08. The molecule has 3 saturated carbocycles. The van der Waals surface area contributed by atoms with Crippen molar-refractivity contribution in [1.29, 1.82) is 0 Å². The lowest BCUT2D eigenvalue weighted by atomic mass is 9.43. The molecule has 9 heteroatoms. The van der Waals surface area contributed by atoms with Gasteiger partial charge in [-0.2, -0.15) is 0 Å². The topological polar surface area (TPSA) is 115 Å². The van der Waals surface area contributed by atoms with E-state index in [9.17, 15) is 19.8 Å². The number of fused-ring (bicyclic) bond motifs is 5. The average Bonchev–Trinajstić information content (AvgIpc) is 3.19. The Morgan fingerprint density at radius 2 is 1.78 bits per heavy atom. The van der Waals surface area contributed by atoms with E-state index in [1.165, 1.54) is 18.2 Å². The second-order valence-corrected chi connectivity index (χ2v) is 12.7. The van der Waals surface area contributed by atoms with Crippen LogP contribution in [0, 0.1) is 28.1 Å². The molecule has 0 radical (unpaired) electrons. The van der Waals surface area contributed by atoms with E-state index in [2.05, 4.69) is 4.90 Å². The molecule has 1 aromatic carbocycles. The number of carboxylic acids is 1. The molecule has 0 aliphatic heterocycles. The quantitative estimate of drug-likeness (QED) is 0.470. The van der Waals surface area contributed by atoms with Crippen molar-refractivity contribution in [2.24, 2.45) is 28.1 Å². The summed E-state index contributed by atoms with van der Waals surface area (Å²) in [5.41, 5.74) is -4.26. The number of rotatable bonds is 6. The van der Waals surface area contributed by atoms with Gasteiger partial charge in [-0.3, -0.25) is 14.4 Å². The van der Waals surface area contributed by atoms with Crippen LogP contribution in [0.2, 0.25) is 0 Å². The van der Waals surface area contributed by atoms with Gasteiger partial charge in [0.15, 0.2) is 17.2 Å². The van der Waals surface area contributed by atoms with E-state index in [-0.39, 0.29) is 35.9 Å². The molecule has 8 atom stereocenters. The number of ketones is 2. The molecule has 0 aromatic heterocycles. The standard InChI is InChI=1S/C30H37F2NO4.C2H4O2/c1-27-11-9-20(35)13-23(27)24(31)14-22-21-10-12-29(26(37)17-34,28(21,2)15-25(36)30(22,27)32)18-33(3)16-19-7-5-4-6-8-19;1-2(3)4/h4-9,11,13,21-22,24-25,34,36H,10,12,14-18H2,1-3H3;1H3,(H,3,4)/t21?,22-,24-,25-,27-,28-,29-,30-;/m0./s1. The summed E-state index contributed by atoms with van der Waals surface area (Å²) in [4.78, 5) is 36.6. The fourth-order valence-corrected chi connectivity index (χ4v) is 8.69. The molecule has 3 N–H and O–H groups in total. The molecule has 224 valence electrons. The number of hydrogen-bond acceptors (Lipinski definition) is 6. The Hall–Kier alpha value is -2.75. The van der Waals surface area contributed by atoms with Gasteiger partial charge in [-0.1, -0.05) is 43.3 Å². The number of allylic oxidation sites excluding steroid dienone is 4. The first-order valence-corrected chi connectivity index (χ1v) is 14.2. The third-order valence-corrected chi connectivity index (χ3v) is 10.5. The molecule has 3 fully saturated rings. The molecule has 4 aliphatic rings. The van der Waals surface area contributed by atoms with Crippen LogP contribution < -0.4 is 0 Å². The predicted molar refractivity (Wildman–Crippen MR) is 149 cm³/mol. The summed E-state index contributed by atoms with van der Waals surface area (Å²) in [6, 6.07) is 9.87. The number of aliphatic hydroxyl groups is 2. The Kier molecular flexibility index (Phi) is 8.48. The lowest BCUT2D eigenvalue weighted by Crippen LogP contribution is -2.69. The van der Waals surface area contributed by atoms with Crippen LogP contribution in [0.25, 0.3) is 0 Å². The van der Waals surface area contributed by atoms with Crippen molar-refractivity contribution in [2.75, 3.05) is 20.2 Å². The third kappa shape index (κ3) is 4.89. The second-order valence-electron chi connectivity index (χ2n) is 12.7. The minimum atomic E-state index is -2.17. The summed E-state index contributed by atoms with van der Waals surface area (Å²) in [6.45, 7) is 4.91. The number of Topliss-reactive ketones (excluding diaryl/α,β-unsaturated/α-hetero) is 1.